The monoisotopic (exact) mass is 283 g/mol. The summed E-state index contributed by atoms with van der Waals surface area (Å²) in [5.41, 5.74) is 6.44. The molecule has 15 heavy (non-hydrogen) atoms. The van der Waals surface area contributed by atoms with Crippen molar-refractivity contribution in [3.63, 3.8) is 0 Å². The molecule has 1 aromatic carbocycles. The van der Waals surface area contributed by atoms with E-state index in [4.69, 9.17) is 10.5 Å². The maximum Gasteiger partial charge on any atom is 0.136 e. The van der Waals surface area contributed by atoms with Gasteiger partial charge in [-0.05, 0) is 39.5 Å². The second kappa shape index (κ2) is 4.68. The molecule has 1 heterocycles. The number of hydrogen-bond donors (Lipinski definition) is 1. The Bertz CT molecular complexity index is 442. The maximum atomic E-state index is 5.75. The van der Waals surface area contributed by atoms with Crippen LogP contribution < -0.4 is 10.5 Å². The zero-order chi connectivity index (χ0) is 10.7. The van der Waals surface area contributed by atoms with Gasteiger partial charge in [0.1, 0.15) is 12.4 Å². The highest BCUT2D eigenvalue weighted by atomic mass is 79.9. The molecule has 0 aliphatic heterocycles. The quantitative estimate of drug-likeness (QED) is 0.873. The minimum Gasteiger partial charge on any atom is -0.487 e. The van der Waals surface area contributed by atoms with Crippen LogP contribution in [0.5, 0.6) is 5.75 Å². The number of hydrogen-bond acceptors (Lipinski definition) is 3. The highest BCUT2D eigenvalue weighted by Gasteiger charge is 2.04. The zero-order valence-electron chi connectivity index (χ0n) is 7.94. The first-order valence-corrected chi connectivity index (χ1v) is 6.14. The normalized spacial score (nSPS) is 10.2. The predicted octanol–water partition coefficient (Wildman–Crippen LogP) is 3.67. The van der Waals surface area contributed by atoms with Crippen molar-refractivity contribution in [2.45, 2.75) is 6.61 Å². The first-order chi connectivity index (χ1) is 7.27. The number of anilines is 1. The van der Waals surface area contributed by atoms with Crippen LogP contribution in [0, 0.1) is 0 Å². The molecule has 2 nitrogen and oxygen atoms in total. The van der Waals surface area contributed by atoms with E-state index in [0.29, 0.717) is 12.3 Å². The number of ether oxygens (including phenoxy) is 1. The number of benzene rings is 1. The summed E-state index contributed by atoms with van der Waals surface area (Å²) in [5.74, 6) is 0.781. The van der Waals surface area contributed by atoms with Crippen molar-refractivity contribution in [1.82, 2.24) is 0 Å². The molecular weight excluding hydrogens is 274 g/mol. The highest BCUT2D eigenvalue weighted by Crippen LogP contribution is 2.30. The molecule has 1 aromatic heterocycles. The average Bonchev–Trinajstić information content (AvgIpc) is 2.73. The number of thiophene rings is 1. The van der Waals surface area contributed by atoms with E-state index in [1.165, 1.54) is 4.88 Å². The molecule has 0 bridgehead atoms. The van der Waals surface area contributed by atoms with E-state index in [1.807, 2.05) is 35.7 Å². The van der Waals surface area contributed by atoms with E-state index in [1.54, 1.807) is 11.3 Å². The smallest absolute Gasteiger partial charge is 0.136 e. The lowest BCUT2D eigenvalue weighted by atomic mass is 10.3. The number of halogens is 1. The van der Waals surface area contributed by atoms with Gasteiger partial charge in [0.15, 0.2) is 0 Å². The fourth-order valence-electron chi connectivity index (χ4n) is 1.18. The molecule has 0 saturated heterocycles. The van der Waals surface area contributed by atoms with Crippen LogP contribution in [-0.2, 0) is 6.61 Å². The van der Waals surface area contributed by atoms with Crippen molar-refractivity contribution in [3.8, 4) is 5.75 Å². The Morgan fingerprint density at radius 2 is 2.13 bits per heavy atom. The number of rotatable bonds is 3. The third kappa shape index (κ3) is 2.52. The van der Waals surface area contributed by atoms with Crippen LogP contribution in [-0.4, -0.2) is 0 Å². The fraction of sp³-hybridized carbons (Fsp3) is 0.0909. The summed E-state index contributed by atoms with van der Waals surface area (Å²) < 4.78 is 6.47. The van der Waals surface area contributed by atoms with E-state index < -0.39 is 0 Å². The van der Waals surface area contributed by atoms with Crippen LogP contribution in [0.25, 0.3) is 0 Å². The van der Waals surface area contributed by atoms with Crippen molar-refractivity contribution < 1.29 is 4.74 Å². The number of nitrogen functional groups attached to an aromatic ring is 1. The van der Waals surface area contributed by atoms with Crippen LogP contribution in [0.15, 0.2) is 40.2 Å². The molecule has 2 rings (SSSR count). The second-order valence-electron chi connectivity index (χ2n) is 3.03. The summed E-state index contributed by atoms with van der Waals surface area (Å²) in [4.78, 5) is 1.20. The summed E-state index contributed by atoms with van der Waals surface area (Å²) in [6.07, 6.45) is 0. The summed E-state index contributed by atoms with van der Waals surface area (Å²) in [6.45, 7) is 0.583. The van der Waals surface area contributed by atoms with Crippen molar-refractivity contribution in [1.29, 1.82) is 0 Å². The summed E-state index contributed by atoms with van der Waals surface area (Å²) in [6, 6.07) is 9.67. The van der Waals surface area contributed by atoms with Crippen molar-refractivity contribution in [2.24, 2.45) is 0 Å². The second-order valence-corrected chi connectivity index (χ2v) is 4.85. The van der Waals surface area contributed by atoms with Gasteiger partial charge >= 0.3 is 0 Å². The molecule has 78 valence electrons. The van der Waals surface area contributed by atoms with Crippen LogP contribution >= 0.6 is 27.3 Å². The molecule has 4 heteroatoms. The molecule has 0 saturated carbocycles. The Morgan fingerprint density at radius 1 is 1.27 bits per heavy atom. The van der Waals surface area contributed by atoms with Gasteiger partial charge in [0.25, 0.3) is 0 Å². The third-order valence-corrected chi connectivity index (χ3v) is 3.64. The van der Waals surface area contributed by atoms with Gasteiger partial charge in [0.2, 0.25) is 0 Å². The molecule has 0 amide bonds. The lowest BCUT2D eigenvalue weighted by Gasteiger charge is -2.08. The molecule has 2 aromatic rings. The molecule has 0 atom stereocenters. The van der Waals surface area contributed by atoms with E-state index in [-0.39, 0.29) is 0 Å². The van der Waals surface area contributed by atoms with Crippen LogP contribution in [0.4, 0.5) is 5.69 Å². The van der Waals surface area contributed by atoms with Gasteiger partial charge in [-0.25, -0.2) is 0 Å². The van der Waals surface area contributed by atoms with Gasteiger partial charge in [-0.15, -0.1) is 11.3 Å². The Balaban J connectivity index is 2.08. The van der Waals surface area contributed by atoms with Gasteiger partial charge in [-0.1, -0.05) is 12.1 Å². The molecule has 0 unspecified atom stereocenters. The fourth-order valence-corrected chi connectivity index (χ4v) is 2.18. The summed E-state index contributed by atoms with van der Waals surface area (Å²) in [5, 5.41) is 2.03. The maximum absolute atomic E-state index is 5.75. The topological polar surface area (TPSA) is 35.2 Å². The molecule has 0 radical (unpaired) electrons. The Kier molecular flexibility index (Phi) is 3.28. The minimum atomic E-state index is 0.583. The SMILES string of the molecule is Nc1cccc(OCc2cccs2)c1Br. The first-order valence-electron chi connectivity index (χ1n) is 4.46. The zero-order valence-corrected chi connectivity index (χ0v) is 10.3. The van der Waals surface area contributed by atoms with Crippen LogP contribution in [0.2, 0.25) is 0 Å². The van der Waals surface area contributed by atoms with Gasteiger partial charge in [-0.3, -0.25) is 0 Å². The van der Waals surface area contributed by atoms with Crippen molar-refractivity contribution in [3.05, 3.63) is 45.1 Å². The molecule has 0 aliphatic carbocycles. The van der Waals surface area contributed by atoms with Gasteiger partial charge < -0.3 is 10.5 Å². The molecule has 0 fully saturated rings. The molecule has 0 aliphatic rings. The number of nitrogens with two attached hydrogens (primary N) is 1. The Labute approximate surface area is 101 Å². The Morgan fingerprint density at radius 3 is 2.87 bits per heavy atom. The largest absolute Gasteiger partial charge is 0.487 e. The van der Waals surface area contributed by atoms with Crippen LogP contribution in [0.3, 0.4) is 0 Å². The van der Waals surface area contributed by atoms with Gasteiger partial charge in [0.05, 0.1) is 4.47 Å². The standard InChI is InChI=1S/C11H10BrNOS/c12-11-9(13)4-1-5-10(11)14-7-8-3-2-6-15-8/h1-6H,7,13H2. The summed E-state index contributed by atoms with van der Waals surface area (Å²) >= 11 is 5.08. The van der Waals surface area contributed by atoms with Crippen molar-refractivity contribution in [2.75, 3.05) is 5.73 Å². The molecule has 2 N–H and O–H groups in total. The Hall–Kier alpha value is -1.00. The average molecular weight is 284 g/mol. The van der Waals surface area contributed by atoms with Crippen molar-refractivity contribution >= 4 is 33.0 Å². The van der Waals surface area contributed by atoms with E-state index >= 15 is 0 Å². The van der Waals surface area contributed by atoms with Gasteiger partial charge in [-0.2, -0.15) is 0 Å². The van der Waals surface area contributed by atoms with Crippen LogP contribution in [0.1, 0.15) is 4.88 Å². The minimum absolute atomic E-state index is 0.583. The van der Waals surface area contributed by atoms with E-state index in [2.05, 4.69) is 15.9 Å². The lowest BCUT2D eigenvalue weighted by Crippen LogP contribution is -1.95. The lowest BCUT2D eigenvalue weighted by molar-refractivity contribution is 0.308. The predicted molar refractivity (Wildman–Crippen MR) is 67.2 cm³/mol. The van der Waals surface area contributed by atoms with Gasteiger partial charge in [0, 0.05) is 10.6 Å². The first kappa shape index (κ1) is 10.5. The molecular formula is C11H10BrNOS. The highest BCUT2D eigenvalue weighted by molar-refractivity contribution is 9.10. The summed E-state index contributed by atoms with van der Waals surface area (Å²) in [7, 11) is 0. The van der Waals surface area contributed by atoms with E-state index in [0.717, 1.165) is 10.2 Å². The third-order valence-electron chi connectivity index (χ3n) is 1.94. The molecule has 0 spiro atoms. The van der Waals surface area contributed by atoms with E-state index in [9.17, 15) is 0 Å².